The number of benzene rings is 2. The van der Waals surface area contributed by atoms with Crippen molar-refractivity contribution in [2.45, 2.75) is 24.8 Å². The molecule has 2 aromatic carbocycles. The van der Waals surface area contributed by atoms with E-state index >= 15 is 0 Å². The van der Waals surface area contributed by atoms with Crippen molar-refractivity contribution >= 4 is 44.4 Å². The summed E-state index contributed by atoms with van der Waals surface area (Å²) in [5, 5.41) is 0. The molecule has 10 heteroatoms. The molecule has 1 fully saturated rings. The molecule has 1 aromatic heterocycles. The first kappa shape index (κ1) is 21.7. The van der Waals surface area contributed by atoms with E-state index in [4.69, 9.17) is 0 Å². The second-order valence-electron chi connectivity index (χ2n) is 7.88. The average molecular weight is 460 g/mol. The van der Waals surface area contributed by atoms with Gasteiger partial charge in [-0.15, -0.1) is 0 Å². The SMILES string of the molecule is CC(C)[C@@H](NS(=O)(=O)c1cccc2nsnc12)C(=O)N1CCN(c2ccccc2)CC1. The number of rotatable bonds is 6. The monoisotopic (exact) mass is 459 g/mol. The number of anilines is 1. The van der Waals surface area contributed by atoms with E-state index in [0.29, 0.717) is 37.2 Å². The van der Waals surface area contributed by atoms with E-state index in [0.717, 1.165) is 17.4 Å². The zero-order valence-electron chi connectivity index (χ0n) is 17.4. The van der Waals surface area contributed by atoms with Crippen LogP contribution in [-0.2, 0) is 14.8 Å². The van der Waals surface area contributed by atoms with Gasteiger partial charge in [0.15, 0.2) is 0 Å². The molecule has 8 nitrogen and oxygen atoms in total. The number of nitrogens with zero attached hydrogens (tertiary/aromatic N) is 4. The second-order valence-corrected chi connectivity index (χ2v) is 10.1. The van der Waals surface area contributed by atoms with E-state index in [1.807, 2.05) is 32.0 Å². The number of hydrogen-bond acceptors (Lipinski definition) is 7. The van der Waals surface area contributed by atoms with Crippen LogP contribution in [0.2, 0.25) is 0 Å². The lowest BCUT2D eigenvalue weighted by Gasteiger charge is -2.38. The number of amides is 1. The van der Waals surface area contributed by atoms with Crippen LogP contribution in [0.5, 0.6) is 0 Å². The second kappa shape index (κ2) is 8.89. The van der Waals surface area contributed by atoms with Crippen LogP contribution in [0, 0.1) is 5.92 Å². The van der Waals surface area contributed by atoms with Crippen molar-refractivity contribution in [3.63, 3.8) is 0 Å². The Kier molecular flexibility index (Phi) is 6.22. The molecule has 0 bridgehead atoms. The Morgan fingerprint density at radius 1 is 1.00 bits per heavy atom. The molecule has 0 aliphatic carbocycles. The average Bonchev–Trinajstić information content (AvgIpc) is 3.26. The van der Waals surface area contributed by atoms with Gasteiger partial charge in [0, 0.05) is 31.9 Å². The summed E-state index contributed by atoms with van der Waals surface area (Å²) >= 11 is 0.964. The molecule has 0 radical (unpaired) electrons. The maximum Gasteiger partial charge on any atom is 0.243 e. The Bertz CT molecular complexity index is 1160. The van der Waals surface area contributed by atoms with Crippen molar-refractivity contribution in [1.29, 1.82) is 0 Å². The molecule has 1 aliphatic rings. The number of hydrogen-bond donors (Lipinski definition) is 1. The lowest BCUT2D eigenvalue weighted by Crippen LogP contribution is -2.56. The van der Waals surface area contributed by atoms with Crippen LogP contribution >= 0.6 is 11.7 Å². The molecule has 1 amide bonds. The highest BCUT2D eigenvalue weighted by atomic mass is 32.2. The van der Waals surface area contributed by atoms with Gasteiger partial charge in [0.25, 0.3) is 0 Å². The van der Waals surface area contributed by atoms with Gasteiger partial charge >= 0.3 is 0 Å². The molecule has 0 spiro atoms. The van der Waals surface area contributed by atoms with Crippen molar-refractivity contribution < 1.29 is 13.2 Å². The van der Waals surface area contributed by atoms with Gasteiger partial charge < -0.3 is 9.80 Å². The lowest BCUT2D eigenvalue weighted by molar-refractivity contribution is -0.134. The zero-order valence-corrected chi connectivity index (χ0v) is 19.1. The predicted molar refractivity (Wildman–Crippen MR) is 122 cm³/mol. The van der Waals surface area contributed by atoms with E-state index in [1.165, 1.54) is 6.07 Å². The molecule has 1 N–H and O–H groups in total. The standard InChI is InChI=1S/C21H25N5O3S2/c1-15(2)19(24-31(28,29)18-10-6-9-17-20(18)23-30-22-17)21(27)26-13-11-25(12-14-26)16-7-4-3-5-8-16/h3-10,15,19,24H,11-14H2,1-2H3/t19-/m1/s1. The number of nitrogens with one attached hydrogen (secondary N) is 1. The molecule has 1 atom stereocenters. The highest BCUT2D eigenvalue weighted by molar-refractivity contribution is 7.89. The number of aromatic nitrogens is 2. The molecule has 0 unspecified atom stereocenters. The Morgan fingerprint density at radius 2 is 1.71 bits per heavy atom. The fraction of sp³-hybridized carbons (Fsp3) is 0.381. The van der Waals surface area contributed by atoms with E-state index in [-0.39, 0.29) is 16.7 Å². The number of sulfonamides is 1. The molecule has 164 valence electrons. The van der Waals surface area contributed by atoms with Crippen LogP contribution in [0.4, 0.5) is 5.69 Å². The third kappa shape index (κ3) is 4.56. The highest BCUT2D eigenvalue weighted by Gasteiger charge is 2.34. The van der Waals surface area contributed by atoms with Crippen molar-refractivity contribution in [2.75, 3.05) is 31.1 Å². The smallest absolute Gasteiger partial charge is 0.243 e. The van der Waals surface area contributed by atoms with Gasteiger partial charge in [-0.2, -0.15) is 13.5 Å². The number of carbonyl (C=O) groups is 1. The molecule has 1 aliphatic heterocycles. The summed E-state index contributed by atoms with van der Waals surface area (Å²) in [7, 11) is -3.94. The fourth-order valence-electron chi connectivity index (χ4n) is 3.72. The van der Waals surface area contributed by atoms with Crippen molar-refractivity contribution in [3.05, 3.63) is 48.5 Å². The van der Waals surface area contributed by atoms with Crippen molar-refractivity contribution in [3.8, 4) is 0 Å². The number of piperazine rings is 1. The van der Waals surface area contributed by atoms with E-state index in [9.17, 15) is 13.2 Å². The van der Waals surface area contributed by atoms with Crippen LogP contribution in [0.15, 0.2) is 53.4 Å². The van der Waals surface area contributed by atoms with Crippen molar-refractivity contribution in [1.82, 2.24) is 18.4 Å². The van der Waals surface area contributed by atoms with Gasteiger partial charge in [-0.05, 0) is 30.2 Å². The molecular weight excluding hydrogens is 434 g/mol. The molecule has 1 saturated heterocycles. The van der Waals surface area contributed by atoms with Crippen LogP contribution in [-0.4, -0.2) is 60.2 Å². The molecular formula is C21H25N5O3S2. The molecule has 4 rings (SSSR count). The van der Waals surface area contributed by atoms with E-state index in [1.54, 1.807) is 17.0 Å². The van der Waals surface area contributed by atoms with Gasteiger partial charge in [0.2, 0.25) is 15.9 Å². The zero-order chi connectivity index (χ0) is 22.0. The van der Waals surface area contributed by atoms with Crippen LogP contribution in [0.3, 0.4) is 0 Å². The lowest BCUT2D eigenvalue weighted by atomic mass is 10.0. The summed E-state index contributed by atoms with van der Waals surface area (Å²) in [5.41, 5.74) is 1.98. The van der Waals surface area contributed by atoms with Gasteiger partial charge in [-0.1, -0.05) is 38.1 Å². The highest BCUT2D eigenvalue weighted by Crippen LogP contribution is 2.23. The minimum Gasteiger partial charge on any atom is -0.368 e. The Hall–Kier alpha value is -2.56. The quantitative estimate of drug-likeness (QED) is 0.608. The van der Waals surface area contributed by atoms with Gasteiger partial charge in [-0.25, -0.2) is 8.42 Å². The topological polar surface area (TPSA) is 95.5 Å². The fourth-order valence-corrected chi connectivity index (χ4v) is 5.83. The van der Waals surface area contributed by atoms with Gasteiger partial charge in [-0.3, -0.25) is 4.79 Å². The van der Waals surface area contributed by atoms with Crippen molar-refractivity contribution in [2.24, 2.45) is 5.92 Å². The van der Waals surface area contributed by atoms with Crippen LogP contribution in [0.1, 0.15) is 13.8 Å². The summed E-state index contributed by atoms with van der Waals surface area (Å²) in [5.74, 6) is -0.406. The minimum atomic E-state index is -3.94. The van der Waals surface area contributed by atoms with Crippen LogP contribution < -0.4 is 9.62 Å². The molecule has 0 saturated carbocycles. The Labute approximate surface area is 186 Å². The summed E-state index contributed by atoms with van der Waals surface area (Å²) < 4.78 is 37.1. The summed E-state index contributed by atoms with van der Waals surface area (Å²) in [6.07, 6.45) is 0. The largest absolute Gasteiger partial charge is 0.368 e. The first-order valence-electron chi connectivity index (χ1n) is 10.2. The Morgan fingerprint density at radius 3 is 2.39 bits per heavy atom. The van der Waals surface area contributed by atoms with Crippen LogP contribution in [0.25, 0.3) is 11.0 Å². The first-order chi connectivity index (χ1) is 14.9. The van der Waals surface area contributed by atoms with E-state index < -0.39 is 16.1 Å². The molecule has 31 heavy (non-hydrogen) atoms. The summed E-state index contributed by atoms with van der Waals surface area (Å²) in [6.45, 7) is 6.19. The minimum absolute atomic E-state index is 0.0473. The number of para-hydroxylation sites is 1. The normalized spacial score (nSPS) is 16.1. The van der Waals surface area contributed by atoms with Gasteiger partial charge in [0.05, 0.1) is 11.7 Å². The maximum absolute atomic E-state index is 13.3. The predicted octanol–water partition coefficient (Wildman–Crippen LogP) is 2.34. The number of carbonyl (C=O) groups excluding carboxylic acids is 1. The summed E-state index contributed by atoms with van der Waals surface area (Å²) in [6, 6.07) is 14.1. The van der Waals surface area contributed by atoms with Gasteiger partial charge in [0.1, 0.15) is 22.0 Å². The summed E-state index contributed by atoms with van der Waals surface area (Å²) in [4.78, 5) is 17.3. The first-order valence-corrected chi connectivity index (χ1v) is 12.4. The molecule has 2 heterocycles. The molecule has 3 aromatic rings. The number of fused-ring (bicyclic) bond motifs is 1. The third-order valence-corrected chi connectivity index (χ3v) is 7.48. The van der Waals surface area contributed by atoms with E-state index in [2.05, 4.69) is 30.5 Å². The third-order valence-electron chi connectivity index (χ3n) is 5.47. The Balaban J connectivity index is 1.49. The maximum atomic E-state index is 13.3.